The molecule has 0 saturated carbocycles. The summed E-state index contributed by atoms with van der Waals surface area (Å²) >= 11 is 0. The van der Waals surface area contributed by atoms with E-state index in [0.717, 1.165) is 24.9 Å². The van der Waals surface area contributed by atoms with Crippen molar-refractivity contribution in [3.8, 4) is 0 Å². The van der Waals surface area contributed by atoms with Gasteiger partial charge in [0.1, 0.15) is 5.82 Å². The highest BCUT2D eigenvalue weighted by molar-refractivity contribution is 5.92. The van der Waals surface area contributed by atoms with Crippen LogP contribution in [-0.2, 0) is 6.42 Å². The van der Waals surface area contributed by atoms with Gasteiger partial charge >= 0.3 is 0 Å². The first-order valence-electron chi connectivity index (χ1n) is 8.42. The highest BCUT2D eigenvalue weighted by Crippen LogP contribution is 2.06. The molecule has 0 atom stereocenters. The molecular formula is C18H25N5O. The molecule has 1 amide bonds. The van der Waals surface area contributed by atoms with Crippen LogP contribution in [0.15, 0.2) is 36.7 Å². The number of nitrogens with one attached hydrogen (secondary N) is 1. The fraction of sp³-hybridized carbons (Fsp3) is 0.444. The molecule has 0 aromatic carbocycles. The number of carbonyl (C=O) groups excluding carboxylic acids is 1. The summed E-state index contributed by atoms with van der Waals surface area (Å²) in [6, 6.07) is 7.44. The number of aromatic nitrogens is 3. The van der Waals surface area contributed by atoms with Crippen molar-refractivity contribution in [3.05, 3.63) is 47.9 Å². The third kappa shape index (κ3) is 5.61. The lowest BCUT2D eigenvalue weighted by Gasteiger charge is -2.16. The Morgan fingerprint density at radius 1 is 1.12 bits per heavy atom. The monoisotopic (exact) mass is 327 g/mol. The minimum atomic E-state index is -0.117. The molecule has 0 saturated heterocycles. The van der Waals surface area contributed by atoms with Gasteiger partial charge in [-0.1, -0.05) is 19.8 Å². The van der Waals surface area contributed by atoms with E-state index in [0.29, 0.717) is 18.1 Å². The summed E-state index contributed by atoms with van der Waals surface area (Å²) in [7, 11) is 1.78. The lowest BCUT2D eigenvalue weighted by Crippen LogP contribution is -2.29. The molecule has 0 bridgehead atoms. The third-order valence-electron chi connectivity index (χ3n) is 3.80. The maximum absolute atomic E-state index is 12.4. The molecule has 2 heterocycles. The maximum Gasteiger partial charge on any atom is 0.274 e. The van der Waals surface area contributed by atoms with Crippen molar-refractivity contribution in [3.63, 3.8) is 0 Å². The minimum absolute atomic E-state index is 0.117. The number of unbranched alkanes of at least 4 members (excludes halogenated alkanes) is 2. The second-order valence-electron chi connectivity index (χ2n) is 5.77. The Bertz CT molecular complexity index is 615. The highest BCUT2D eigenvalue weighted by atomic mass is 16.2. The Morgan fingerprint density at radius 3 is 2.58 bits per heavy atom. The smallest absolute Gasteiger partial charge is 0.274 e. The number of rotatable bonds is 9. The second kappa shape index (κ2) is 9.60. The standard InChI is InChI=1S/C18H25N5O/c1-3-4-5-11-20-17-7-6-16(21-22-17)18(24)23(2)14-10-15-8-12-19-13-9-15/h6-9,12-13H,3-5,10-11,14H2,1-2H3,(H,20,22). The van der Waals surface area contributed by atoms with E-state index in [1.54, 1.807) is 30.4 Å². The van der Waals surface area contributed by atoms with E-state index in [9.17, 15) is 4.79 Å². The topological polar surface area (TPSA) is 71.0 Å². The van der Waals surface area contributed by atoms with E-state index in [1.807, 2.05) is 18.2 Å². The van der Waals surface area contributed by atoms with Gasteiger partial charge in [-0.05, 0) is 42.7 Å². The molecule has 2 aromatic heterocycles. The summed E-state index contributed by atoms with van der Waals surface area (Å²) in [5.41, 5.74) is 1.52. The first-order chi connectivity index (χ1) is 11.7. The van der Waals surface area contributed by atoms with Crippen molar-refractivity contribution in [1.29, 1.82) is 0 Å². The first kappa shape index (κ1) is 17.8. The number of likely N-dealkylation sites (N-methyl/N-ethyl adjacent to an activating group) is 1. The average molecular weight is 327 g/mol. The van der Waals surface area contributed by atoms with Crippen molar-refractivity contribution in [2.75, 3.05) is 25.5 Å². The van der Waals surface area contributed by atoms with E-state index < -0.39 is 0 Å². The zero-order valence-electron chi connectivity index (χ0n) is 14.4. The van der Waals surface area contributed by atoms with E-state index in [1.165, 1.54) is 12.8 Å². The summed E-state index contributed by atoms with van der Waals surface area (Å²) in [4.78, 5) is 18.0. The van der Waals surface area contributed by atoms with Crippen molar-refractivity contribution in [2.24, 2.45) is 0 Å². The van der Waals surface area contributed by atoms with Crippen LogP contribution in [-0.4, -0.2) is 46.1 Å². The van der Waals surface area contributed by atoms with Gasteiger partial charge < -0.3 is 10.2 Å². The Balaban J connectivity index is 1.82. The highest BCUT2D eigenvalue weighted by Gasteiger charge is 2.13. The van der Waals surface area contributed by atoms with Crippen LogP contribution in [0.2, 0.25) is 0 Å². The molecule has 0 fully saturated rings. The van der Waals surface area contributed by atoms with Gasteiger partial charge in [0.15, 0.2) is 5.69 Å². The van der Waals surface area contributed by atoms with Crippen LogP contribution in [0.1, 0.15) is 42.2 Å². The van der Waals surface area contributed by atoms with Crippen LogP contribution in [0.5, 0.6) is 0 Å². The zero-order chi connectivity index (χ0) is 17.2. The predicted octanol–water partition coefficient (Wildman–Crippen LogP) is 2.79. The molecule has 24 heavy (non-hydrogen) atoms. The predicted molar refractivity (Wildman–Crippen MR) is 94.9 cm³/mol. The summed E-state index contributed by atoms with van der Waals surface area (Å²) in [6.45, 7) is 3.68. The number of amides is 1. The minimum Gasteiger partial charge on any atom is -0.369 e. The van der Waals surface area contributed by atoms with Gasteiger partial charge in [0.25, 0.3) is 5.91 Å². The van der Waals surface area contributed by atoms with Crippen LogP contribution >= 0.6 is 0 Å². The molecular weight excluding hydrogens is 302 g/mol. The van der Waals surface area contributed by atoms with Crippen molar-refractivity contribution >= 4 is 11.7 Å². The first-order valence-corrected chi connectivity index (χ1v) is 8.42. The van der Waals surface area contributed by atoms with Gasteiger partial charge in [-0.15, -0.1) is 10.2 Å². The van der Waals surface area contributed by atoms with Crippen LogP contribution in [0.3, 0.4) is 0 Å². The third-order valence-corrected chi connectivity index (χ3v) is 3.80. The Kier molecular flexibility index (Phi) is 7.14. The van der Waals surface area contributed by atoms with Crippen molar-refractivity contribution in [1.82, 2.24) is 20.1 Å². The van der Waals surface area contributed by atoms with Gasteiger partial charge in [-0.25, -0.2) is 0 Å². The molecule has 6 nitrogen and oxygen atoms in total. The molecule has 0 unspecified atom stereocenters. The number of carbonyl (C=O) groups is 1. The molecule has 128 valence electrons. The van der Waals surface area contributed by atoms with Crippen LogP contribution in [0, 0.1) is 0 Å². The van der Waals surface area contributed by atoms with Gasteiger partial charge in [0.05, 0.1) is 0 Å². The molecule has 0 aliphatic carbocycles. The van der Waals surface area contributed by atoms with Gasteiger partial charge in [-0.3, -0.25) is 9.78 Å². The normalized spacial score (nSPS) is 10.4. The van der Waals surface area contributed by atoms with Crippen LogP contribution < -0.4 is 5.32 Å². The van der Waals surface area contributed by atoms with E-state index >= 15 is 0 Å². The van der Waals surface area contributed by atoms with Gasteiger partial charge in [0, 0.05) is 32.5 Å². The molecule has 0 aliphatic heterocycles. The Morgan fingerprint density at radius 2 is 1.92 bits per heavy atom. The van der Waals surface area contributed by atoms with Crippen molar-refractivity contribution < 1.29 is 4.79 Å². The second-order valence-corrected chi connectivity index (χ2v) is 5.77. The number of anilines is 1. The van der Waals surface area contributed by atoms with Crippen molar-refractivity contribution in [2.45, 2.75) is 32.6 Å². The lowest BCUT2D eigenvalue weighted by atomic mass is 10.2. The molecule has 0 aliphatic rings. The zero-order valence-corrected chi connectivity index (χ0v) is 14.4. The van der Waals surface area contributed by atoms with Gasteiger partial charge in [0.2, 0.25) is 0 Å². The quantitative estimate of drug-likeness (QED) is 0.717. The summed E-state index contributed by atoms with van der Waals surface area (Å²) < 4.78 is 0. The van der Waals surface area contributed by atoms with E-state index in [-0.39, 0.29) is 5.91 Å². The Labute approximate surface area is 143 Å². The number of pyridine rings is 1. The summed E-state index contributed by atoms with van der Waals surface area (Å²) in [5.74, 6) is 0.594. The summed E-state index contributed by atoms with van der Waals surface area (Å²) in [5, 5.41) is 11.3. The SMILES string of the molecule is CCCCCNc1ccc(C(=O)N(C)CCc2ccncc2)nn1. The molecule has 2 rings (SSSR count). The van der Waals surface area contributed by atoms with Gasteiger partial charge in [-0.2, -0.15) is 0 Å². The van der Waals surface area contributed by atoms with Crippen LogP contribution in [0.4, 0.5) is 5.82 Å². The number of hydrogen-bond acceptors (Lipinski definition) is 5. The number of hydrogen-bond donors (Lipinski definition) is 1. The lowest BCUT2D eigenvalue weighted by molar-refractivity contribution is 0.0789. The fourth-order valence-corrected chi connectivity index (χ4v) is 2.28. The largest absolute Gasteiger partial charge is 0.369 e. The maximum atomic E-state index is 12.4. The molecule has 2 aromatic rings. The molecule has 6 heteroatoms. The fourth-order valence-electron chi connectivity index (χ4n) is 2.28. The molecule has 0 radical (unpaired) electrons. The number of nitrogens with zero attached hydrogens (tertiary/aromatic N) is 4. The van der Waals surface area contributed by atoms with E-state index in [2.05, 4.69) is 27.4 Å². The van der Waals surface area contributed by atoms with E-state index in [4.69, 9.17) is 0 Å². The molecule has 0 spiro atoms. The summed E-state index contributed by atoms with van der Waals surface area (Å²) in [6.07, 6.45) is 7.79. The average Bonchev–Trinajstić information content (AvgIpc) is 2.64. The molecule has 1 N–H and O–H groups in total. The Hall–Kier alpha value is -2.50. The van der Waals surface area contributed by atoms with Crippen LogP contribution in [0.25, 0.3) is 0 Å².